The molecule has 2 aromatic carbocycles. The molecule has 0 N–H and O–H groups in total. The number of ether oxygens (including phenoxy) is 1. The lowest BCUT2D eigenvalue weighted by Crippen LogP contribution is -2.40. The van der Waals surface area contributed by atoms with Crippen LogP contribution in [0.4, 0.5) is 0 Å². The molecule has 4 aromatic rings. The molecule has 0 unspecified atom stereocenters. The van der Waals surface area contributed by atoms with Gasteiger partial charge in [0.2, 0.25) is 11.8 Å². The number of fused-ring (bicyclic) bond motifs is 1. The Morgan fingerprint density at radius 2 is 2.06 bits per heavy atom. The number of benzene rings is 2. The third kappa shape index (κ3) is 4.49. The molecule has 0 bridgehead atoms. The number of para-hydroxylation sites is 1. The van der Waals surface area contributed by atoms with Gasteiger partial charge < -0.3 is 14.1 Å². The number of piperidine rings is 1. The van der Waals surface area contributed by atoms with Crippen molar-refractivity contribution < 1.29 is 13.9 Å². The summed E-state index contributed by atoms with van der Waals surface area (Å²) in [5, 5.41) is 9.68. The molecule has 1 fully saturated rings. The van der Waals surface area contributed by atoms with E-state index in [0.29, 0.717) is 23.6 Å². The SMILES string of the molecule is COc1ccc(-c2nnc(SCC(=O)N3CCC[C@@H](c4nc5ccccc5s4)C3)o2)cc1. The molecular formula is C23H22N4O3S2. The van der Waals surface area contributed by atoms with Gasteiger partial charge in [0.25, 0.3) is 5.22 Å². The van der Waals surface area contributed by atoms with E-state index in [1.54, 1.807) is 18.4 Å². The second kappa shape index (κ2) is 9.30. The molecule has 9 heteroatoms. The Morgan fingerprint density at radius 3 is 2.88 bits per heavy atom. The van der Waals surface area contributed by atoms with Gasteiger partial charge in [-0.1, -0.05) is 23.9 Å². The number of thioether (sulfide) groups is 1. The number of thiazole rings is 1. The summed E-state index contributed by atoms with van der Waals surface area (Å²) in [6.07, 6.45) is 2.05. The summed E-state index contributed by atoms with van der Waals surface area (Å²) in [6, 6.07) is 15.6. The highest BCUT2D eigenvalue weighted by atomic mass is 32.2. The Morgan fingerprint density at radius 1 is 1.22 bits per heavy atom. The molecule has 1 amide bonds. The number of hydrogen-bond acceptors (Lipinski definition) is 8. The number of rotatable bonds is 6. The molecular weight excluding hydrogens is 444 g/mol. The number of methoxy groups -OCH3 is 1. The molecule has 7 nitrogen and oxygen atoms in total. The second-order valence-electron chi connectivity index (χ2n) is 7.59. The molecule has 3 heterocycles. The quantitative estimate of drug-likeness (QED) is 0.376. The minimum atomic E-state index is 0.0880. The highest BCUT2D eigenvalue weighted by molar-refractivity contribution is 7.99. The van der Waals surface area contributed by atoms with Crippen molar-refractivity contribution in [3.05, 3.63) is 53.5 Å². The maximum atomic E-state index is 12.9. The van der Waals surface area contributed by atoms with Gasteiger partial charge in [-0.2, -0.15) is 0 Å². The number of hydrogen-bond donors (Lipinski definition) is 0. The first kappa shape index (κ1) is 21.0. The van der Waals surface area contributed by atoms with Crippen molar-refractivity contribution in [3.63, 3.8) is 0 Å². The van der Waals surface area contributed by atoms with Crippen molar-refractivity contribution in [2.45, 2.75) is 24.0 Å². The van der Waals surface area contributed by atoms with Gasteiger partial charge in [0, 0.05) is 24.6 Å². The molecule has 1 aliphatic heterocycles. The fraction of sp³-hybridized carbons (Fsp3) is 0.304. The van der Waals surface area contributed by atoms with Crippen LogP contribution in [0, 0.1) is 0 Å². The summed E-state index contributed by atoms with van der Waals surface area (Å²) in [4.78, 5) is 19.6. The second-order valence-corrected chi connectivity index (χ2v) is 9.58. The Labute approximate surface area is 193 Å². The zero-order chi connectivity index (χ0) is 21.9. The van der Waals surface area contributed by atoms with Crippen molar-refractivity contribution >= 4 is 39.2 Å². The minimum Gasteiger partial charge on any atom is -0.497 e. The molecule has 1 aliphatic rings. The summed E-state index contributed by atoms with van der Waals surface area (Å²) in [6.45, 7) is 1.49. The number of amides is 1. The molecule has 1 saturated heterocycles. The predicted octanol–water partition coefficient (Wildman–Crippen LogP) is 4.85. The van der Waals surface area contributed by atoms with Gasteiger partial charge in [0.05, 0.1) is 28.1 Å². The summed E-state index contributed by atoms with van der Waals surface area (Å²) in [5.74, 6) is 1.84. The normalized spacial score (nSPS) is 16.4. The lowest BCUT2D eigenvalue weighted by Gasteiger charge is -2.31. The molecule has 0 spiro atoms. The molecule has 1 atom stereocenters. The third-order valence-corrected chi connectivity index (χ3v) is 7.50. The molecule has 32 heavy (non-hydrogen) atoms. The van der Waals surface area contributed by atoms with Gasteiger partial charge in [-0.25, -0.2) is 4.98 Å². The van der Waals surface area contributed by atoms with Gasteiger partial charge >= 0.3 is 0 Å². The van der Waals surface area contributed by atoms with Gasteiger partial charge in [-0.3, -0.25) is 4.79 Å². The largest absolute Gasteiger partial charge is 0.497 e. The zero-order valence-corrected chi connectivity index (χ0v) is 19.2. The van der Waals surface area contributed by atoms with Crippen molar-refractivity contribution in [2.24, 2.45) is 0 Å². The number of aromatic nitrogens is 3. The average Bonchev–Trinajstić information content (AvgIpc) is 3.50. The topological polar surface area (TPSA) is 81.4 Å². The molecule has 0 radical (unpaired) electrons. The van der Waals surface area contributed by atoms with Crippen LogP contribution < -0.4 is 4.74 Å². The van der Waals surface area contributed by atoms with E-state index >= 15 is 0 Å². The first-order chi connectivity index (χ1) is 15.7. The maximum absolute atomic E-state index is 12.9. The highest BCUT2D eigenvalue weighted by Gasteiger charge is 2.27. The van der Waals surface area contributed by atoms with Gasteiger partial charge in [-0.15, -0.1) is 21.5 Å². The Balaban J connectivity index is 1.19. The van der Waals surface area contributed by atoms with Crippen LogP contribution in [-0.2, 0) is 4.79 Å². The van der Waals surface area contributed by atoms with E-state index in [0.717, 1.165) is 41.2 Å². The van der Waals surface area contributed by atoms with Gasteiger partial charge in [0.15, 0.2) is 0 Å². The summed E-state index contributed by atoms with van der Waals surface area (Å²) < 4.78 is 12.1. The van der Waals surface area contributed by atoms with Crippen molar-refractivity contribution in [1.82, 2.24) is 20.1 Å². The van der Waals surface area contributed by atoms with Crippen molar-refractivity contribution in [3.8, 4) is 17.2 Å². The zero-order valence-electron chi connectivity index (χ0n) is 17.6. The van der Waals surface area contributed by atoms with Gasteiger partial charge in [0.1, 0.15) is 5.75 Å². The van der Waals surface area contributed by atoms with Crippen LogP contribution in [0.1, 0.15) is 23.8 Å². The molecule has 164 valence electrons. The van der Waals surface area contributed by atoms with Crippen molar-refractivity contribution in [1.29, 1.82) is 0 Å². The number of carbonyl (C=O) groups excluding carboxylic acids is 1. The van der Waals surface area contributed by atoms with Crippen LogP contribution in [0.2, 0.25) is 0 Å². The first-order valence-electron chi connectivity index (χ1n) is 10.4. The fourth-order valence-electron chi connectivity index (χ4n) is 3.80. The lowest BCUT2D eigenvalue weighted by molar-refractivity contribution is -0.129. The van der Waals surface area contributed by atoms with Crippen LogP contribution in [0.25, 0.3) is 21.7 Å². The maximum Gasteiger partial charge on any atom is 0.277 e. The highest BCUT2D eigenvalue weighted by Crippen LogP contribution is 2.33. The third-order valence-electron chi connectivity index (χ3n) is 5.50. The standard InChI is InChI=1S/C23H22N4O3S2/c1-29-17-10-8-15(9-11-17)21-25-26-23(30-21)31-14-20(28)27-12-4-5-16(13-27)22-24-18-6-2-3-7-19(18)32-22/h2-3,6-11,16H,4-5,12-14H2,1H3/t16-/m1/s1. The van der Waals surface area contributed by atoms with E-state index in [1.807, 2.05) is 47.4 Å². The Hall–Kier alpha value is -2.91. The van der Waals surface area contributed by atoms with E-state index < -0.39 is 0 Å². The van der Waals surface area contributed by atoms with E-state index in [1.165, 1.54) is 16.5 Å². The summed E-state index contributed by atoms with van der Waals surface area (Å²) in [5.41, 5.74) is 1.85. The van der Waals surface area contributed by atoms with Crippen LogP contribution in [-0.4, -0.2) is 51.9 Å². The monoisotopic (exact) mass is 466 g/mol. The summed E-state index contributed by atoms with van der Waals surface area (Å²) in [7, 11) is 1.62. The van der Waals surface area contributed by atoms with Crippen LogP contribution in [0.15, 0.2) is 58.2 Å². The molecule has 5 rings (SSSR count). The fourth-order valence-corrected chi connectivity index (χ4v) is 5.56. The summed E-state index contributed by atoms with van der Waals surface area (Å²) >= 11 is 3.01. The van der Waals surface area contributed by atoms with E-state index in [4.69, 9.17) is 14.1 Å². The molecule has 0 saturated carbocycles. The van der Waals surface area contributed by atoms with Crippen molar-refractivity contribution in [2.75, 3.05) is 26.0 Å². The first-order valence-corrected chi connectivity index (χ1v) is 12.2. The predicted molar refractivity (Wildman–Crippen MR) is 125 cm³/mol. The lowest BCUT2D eigenvalue weighted by atomic mass is 9.99. The number of nitrogens with zero attached hydrogens (tertiary/aromatic N) is 4. The Bertz CT molecular complexity index is 1190. The van der Waals surface area contributed by atoms with Crippen LogP contribution in [0.5, 0.6) is 5.75 Å². The Kier molecular flexibility index (Phi) is 6.09. The van der Waals surface area contributed by atoms with Crippen LogP contribution >= 0.6 is 23.1 Å². The minimum absolute atomic E-state index is 0.0880. The van der Waals surface area contributed by atoms with E-state index in [-0.39, 0.29) is 11.7 Å². The molecule has 0 aliphatic carbocycles. The average molecular weight is 467 g/mol. The number of likely N-dealkylation sites (tertiary alicyclic amines) is 1. The number of carbonyl (C=O) groups is 1. The van der Waals surface area contributed by atoms with E-state index in [9.17, 15) is 4.79 Å². The van der Waals surface area contributed by atoms with E-state index in [2.05, 4.69) is 16.3 Å². The van der Waals surface area contributed by atoms with Crippen LogP contribution in [0.3, 0.4) is 0 Å². The smallest absolute Gasteiger partial charge is 0.277 e. The molecule has 2 aromatic heterocycles. The van der Waals surface area contributed by atoms with Gasteiger partial charge in [-0.05, 0) is 49.2 Å².